The van der Waals surface area contributed by atoms with Crippen molar-refractivity contribution in [3.05, 3.63) is 29.8 Å². The molecule has 4 heteroatoms. The molecule has 0 aliphatic heterocycles. The van der Waals surface area contributed by atoms with E-state index >= 15 is 0 Å². The standard InChI is InChI=1S/C10H13.C2H8OSi.BrH.Mg/c1-10(2,3)9-7-5-4-6-8-9;1-4(2)3;;/h4-5,7-8H,1-3H3;3-4H,1-2H3;1H;/q;;;+2. The topological polar surface area (TPSA) is 20.2 Å². The molecule has 0 aliphatic carbocycles. The maximum absolute atomic E-state index is 8.19. The van der Waals surface area contributed by atoms with Crippen LogP contribution in [-0.2, 0) is 5.41 Å². The molecule has 0 aliphatic rings. The molecule has 0 atom stereocenters. The van der Waals surface area contributed by atoms with Gasteiger partial charge in [-0.1, -0.05) is 32.9 Å². The first kappa shape index (κ1) is 19.0. The Morgan fingerprint density at radius 1 is 1.19 bits per heavy atom. The predicted octanol–water partition coefficient (Wildman–Crippen LogP) is 2.32. The zero-order valence-corrected chi connectivity index (χ0v) is 15.2. The Bertz CT molecular complexity index is 295. The third kappa shape index (κ3) is 9.84. The van der Waals surface area contributed by atoms with Crippen LogP contribution in [0.5, 0.6) is 0 Å². The van der Waals surface area contributed by atoms with E-state index in [2.05, 4.69) is 45.0 Å². The minimum Gasteiger partial charge on any atom is -0.435 e. The molecule has 0 fully saturated rings. The van der Waals surface area contributed by atoms with Gasteiger partial charge in [0.2, 0.25) is 0 Å². The summed E-state index contributed by atoms with van der Waals surface area (Å²) in [5.41, 5.74) is 1.71. The van der Waals surface area contributed by atoms with Gasteiger partial charge in [-0.3, -0.25) is 0 Å². The molecular weight excluding hydrogens is 292 g/mol. The Labute approximate surface area is 125 Å². The van der Waals surface area contributed by atoms with E-state index in [0.717, 1.165) is 0 Å². The molecule has 7 radical (unpaired) electrons. The molecule has 0 bridgehead atoms. The van der Waals surface area contributed by atoms with Crippen molar-refractivity contribution in [3.8, 4) is 0 Å². The van der Waals surface area contributed by atoms with E-state index in [-0.39, 0.29) is 22.4 Å². The SMILES string of the molecule is Br.CC(C)(C)c1ccc[c]([Mg+2])c1.C[SiH](C)O. The lowest BCUT2D eigenvalue weighted by molar-refractivity contribution is 0.587. The highest BCUT2D eigenvalue weighted by Crippen LogP contribution is 2.20. The van der Waals surface area contributed by atoms with Crippen molar-refractivity contribution in [1.82, 2.24) is 0 Å². The van der Waals surface area contributed by atoms with Gasteiger partial charge in [-0.2, -0.15) is 0 Å². The van der Waals surface area contributed by atoms with Crippen molar-refractivity contribution < 1.29 is 4.80 Å². The summed E-state index contributed by atoms with van der Waals surface area (Å²) < 4.78 is 1.37. The van der Waals surface area contributed by atoms with Crippen LogP contribution in [0.2, 0.25) is 13.1 Å². The second-order valence-electron chi connectivity index (χ2n) is 5.04. The molecule has 1 rings (SSSR count). The van der Waals surface area contributed by atoms with Gasteiger partial charge in [0, 0.05) is 12.1 Å². The summed E-state index contributed by atoms with van der Waals surface area (Å²) in [7, 11) is -1.14. The van der Waals surface area contributed by atoms with Gasteiger partial charge < -0.3 is 4.80 Å². The largest absolute Gasteiger partial charge is 1.47 e. The van der Waals surface area contributed by atoms with Gasteiger partial charge in [-0.25, -0.2) is 0 Å². The molecule has 87 valence electrons. The van der Waals surface area contributed by atoms with E-state index in [1.54, 1.807) is 0 Å². The summed E-state index contributed by atoms with van der Waals surface area (Å²) in [6.45, 7) is 10.4. The van der Waals surface area contributed by atoms with Gasteiger partial charge in [-0.15, -0.1) is 17.0 Å². The molecule has 0 unspecified atom stereocenters. The number of hydrogen-bond acceptors (Lipinski definition) is 1. The van der Waals surface area contributed by atoms with E-state index in [4.69, 9.17) is 4.80 Å². The van der Waals surface area contributed by atoms with Gasteiger partial charge in [0.1, 0.15) is 0 Å². The molecule has 0 saturated carbocycles. The van der Waals surface area contributed by atoms with Crippen molar-refractivity contribution in [3.63, 3.8) is 0 Å². The number of hydrogen-bond donors (Lipinski definition) is 1. The maximum Gasteiger partial charge on any atom is 1.47 e. The van der Waals surface area contributed by atoms with E-state index in [1.807, 2.05) is 34.8 Å². The lowest BCUT2D eigenvalue weighted by Crippen LogP contribution is -2.14. The number of rotatable bonds is 0. The van der Waals surface area contributed by atoms with Gasteiger partial charge in [0.15, 0.2) is 9.04 Å². The number of benzene rings is 1. The quantitative estimate of drug-likeness (QED) is 0.729. The van der Waals surface area contributed by atoms with Crippen LogP contribution in [0.1, 0.15) is 26.3 Å². The second kappa shape index (κ2) is 8.69. The third-order valence-electron chi connectivity index (χ3n) is 1.79. The van der Waals surface area contributed by atoms with Crippen molar-refractivity contribution >= 4 is 51.4 Å². The van der Waals surface area contributed by atoms with Crippen LogP contribution in [0.25, 0.3) is 0 Å². The molecular formula is C12H22BrMgOSi+2. The number of halogens is 1. The van der Waals surface area contributed by atoms with E-state index < -0.39 is 9.04 Å². The highest BCUT2D eigenvalue weighted by atomic mass is 79.9. The highest BCUT2D eigenvalue weighted by molar-refractivity contribution is 8.93. The molecule has 1 aromatic carbocycles. The third-order valence-corrected chi connectivity index (χ3v) is 2.23. The summed E-state index contributed by atoms with van der Waals surface area (Å²) >= 11 is 1.94. The highest BCUT2D eigenvalue weighted by Gasteiger charge is 2.31. The average molecular weight is 315 g/mol. The van der Waals surface area contributed by atoms with E-state index in [1.165, 1.54) is 9.26 Å². The molecule has 1 N–H and O–H groups in total. The first-order valence-electron chi connectivity index (χ1n) is 5.34. The van der Waals surface area contributed by atoms with Gasteiger partial charge >= 0.3 is 25.4 Å². The molecule has 0 spiro atoms. The fraction of sp³-hybridized carbons (Fsp3) is 0.500. The smallest absolute Gasteiger partial charge is 0.435 e. The summed E-state index contributed by atoms with van der Waals surface area (Å²) in [6.07, 6.45) is 0. The minimum absolute atomic E-state index is 0. The zero-order valence-electron chi connectivity index (χ0n) is 10.9. The van der Waals surface area contributed by atoms with E-state index in [9.17, 15) is 0 Å². The fourth-order valence-corrected chi connectivity index (χ4v) is 1.39. The lowest BCUT2D eigenvalue weighted by Gasteiger charge is -2.17. The van der Waals surface area contributed by atoms with E-state index in [0.29, 0.717) is 0 Å². The van der Waals surface area contributed by atoms with Crippen LogP contribution in [0.15, 0.2) is 24.3 Å². The van der Waals surface area contributed by atoms with Crippen LogP contribution in [0, 0.1) is 0 Å². The molecule has 0 heterocycles. The molecule has 1 aromatic rings. The maximum atomic E-state index is 8.19. The molecule has 1 nitrogen and oxygen atoms in total. The minimum atomic E-state index is -1.14. The Balaban J connectivity index is 0. The van der Waals surface area contributed by atoms with Gasteiger partial charge in [0.25, 0.3) is 0 Å². The van der Waals surface area contributed by atoms with Crippen LogP contribution >= 0.6 is 17.0 Å². The van der Waals surface area contributed by atoms with Crippen LogP contribution < -0.4 is 3.69 Å². The Kier molecular flexibility index (Phi) is 10.3. The van der Waals surface area contributed by atoms with Gasteiger partial charge in [0.05, 0.1) is 0 Å². The second-order valence-corrected chi connectivity index (χ2v) is 8.05. The Morgan fingerprint density at radius 3 is 1.88 bits per heavy atom. The summed E-state index contributed by atoms with van der Waals surface area (Å²) in [5.74, 6) is 0. The molecule has 0 amide bonds. The van der Waals surface area contributed by atoms with Crippen molar-refractivity contribution in [1.29, 1.82) is 0 Å². The van der Waals surface area contributed by atoms with Crippen LogP contribution in [-0.4, -0.2) is 35.5 Å². The average Bonchev–Trinajstić information content (AvgIpc) is 2.01. The Morgan fingerprint density at radius 2 is 1.62 bits per heavy atom. The summed E-state index contributed by atoms with van der Waals surface area (Å²) in [4.78, 5) is 8.19. The van der Waals surface area contributed by atoms with Crippen molar-refractivity contribution in [2.45, 2.75) is 39.3 Å². The fourth-order valence-electron chi connectivity index (χ4n) is 1.04. The van der Waals surface area contributed by atoms with Crippen LogP contribution in [0.4, 0.5) is 0 Å². The van der Waals surface area contributed by atoms with Crippen molar-refractivity contribution in [2.75, 3.05) is 0 Å². The molecule has 0 saturated heterocycles. The lowest BCUT2D eigenvalue weighted by atomic mass is 9.87. The summed E-state index contributed by atoms with van der Waals surface area (Å²) in [6, 6.07) is 8.73. The first-order chi connectivity index (χ1) is 6.73. The normalized spacial score (nSPS) is 10.2. The predicted molar refractivity (Wildman–Crippen MR) is 81.9 cm³/mol. The van der Waals surface area contributed by atoms with Crippen LogP contribution in [0.3, 0.4) is 0 Å². The monoisotopic (exact) mass is 313 g/mol. The first-order valence-corrected chi connectivity index (χ1v) is 8.87. The molecule has 16 heavy (non-hydrogen) atoms. The molecule has 0 aromatic heterocycles. The van der Waals surface area contributed by atoms with Gasteiger partial charge in [-0.05, 0) is 24.1 Å². The van der Waals surface area contributed by atoms with Crippen molar-refractivity contribution in [2.24, 2.45) is 0 Å². The Hall–Kier alpha value is 0.643. The zero-order chi connectivity index (χ0) is 12.1. The summed E-state index contributed by atoms with van der Waals surface area (Å²) in [5, 5.41) is 0.